The van der Waals surface area contributed by atoms with Crippen LogP contribution in [0.2, 0.25) is 0 Å². The summed E-state index contributed by atoms with van der Waals surface area (Å²) in [6, 6.07) is -0.570. The average molecular weight is 306 g/mol. The Morgan fingerprint density at radius 3 is 2.68 bits per heavy atom. The van der Waals surface area contributed by atoms with Crippen molar-refractivity contribution >= 4 is 11.8 Å². The van der Waals surface area contributed by atoms with Crippen LogP contribution in [0.3, 0.4) is 0 Å². The molecule has 7 heteroatoms. The first-order chi connectivity index (χ1) is 10.5. The Hall–Kier alpha value is -1.89. The van der Waals surface area contributed by atoms with E-state index in [1.807, 2.05) is 7.05 Å². The molecule has 2 N–H and O–H groups in total. The summed E-state index contributed by atoms with van der Waals surface area (Å²) in [6.45, 7) is 1.79. The summed E-state index contributed by atoms with van der Waals surface area (Å²) in [5, 5.41) is 0. The smallest absolute Gasteiger partial charge is 0.274 e. The zero-order chi connectivity index (χ0) is 15.7. The quantitative estimate of drug-likeness (QED) is 0.851. The van der Waals surface area contributed by atoms with Crippen molar-refractivity contribution in [3.05, 3.63) is 18.2 Å². The zero-order valence-electron chi connectivity index (χ0n) is 12.8. The van der Waals surface area contributed by atoms with E-state index >= 15 is 0 Å². The van der Waals surface area contributed by atoms with E-state index in [1.54, 1.807) is 22.0 Å². The number of aryl methyl sites for hydroxylation is 1. The van der Waals surface area contributed by atoms with Crippen LogP contribution in [0.5, 0.6) is 0 Å². The van der Waals surface area contributed by atoms with Crippen molar-refractivity contribution in [3.8, 4) is 0 Å². The molecule has 0 aliphatic carbocycles. The highest BCUT2D eigenvalue weighted by Gasteiger charge is 2.50. The molecule has 0 aromatic carbocycles. The molecule has 1 aromatic heterocycles. The second-order valence-electron chi connectivity index (χ2n) is 6.31. The number of hydrogen-bond donors (Lipinski definition) is 1. The number of hydrogen-bond acceptors (Lipinski definition) is 4. The Bertz CT molecular complexity index is 572. The highest BCUT2D eigenvalue weighted by molar-refractivity contribution is 5.96. The molecule has 0 saturated carbocycles. The molecule has 2 fully saturated rings. The first-order valence-corrected chi connectivity index (χ1v) is 7.69. The number of ether oxygens (including phenoxy) is 1. The molecular formula is C15H22N4O3. The molecule has 3 rings (SSSR count). The van der Waals surface area contributed by atoms with Gasteiger partial charge >= 0.3 is 0 Å². The minimum absolute atomic E-state index is 0.213. The van der Waals surface area contributed by atoms with Crippen molar-refractivity contribution in [3.63, 3.8) is 0 Å². The first kappa shape index (κ1) is 15.0. The SMILES string of the molecule is Cn1cnc(C(=O)N2CCCC3(CCOCC3)C2C(N)=O)c1. The van der Waals surface area contributed by atoms with E-state index in [0.717, 1.165) is 25.7 Å². The third kappa shape index (κ3) is 2.49. The number of nitrogens with zero attached hydrogens (tertiary/aromatic N) is 3. The Labute approximate surface area is 129 Å². The van der Waals surface area contributed by atoms with E-state index in [-0.39, 0.29) is 11.3 Å². The number of rotatable bonds is 2. The second kappa shape index (κ2) is 5.72. The van der Waals surface area contributed by atoms with Gasteiger partial charge in [-0.3, -0.25) is 9.59 Å². The van der Waals surface area contributed by atoms with Gasteiger partial charge in [-0.15, -0.1) is 0 Å². The van der Waals surface area contributed by atoms with Crippen LogP contribution in [-0.4, -0.2) is 52.1 Å². The Morgan fingerprint density at radius 2 is 2.09 bits per heavy atom. The predicted octanol–water partition coefficient (Wildman–Crippen LogP) is 0.307. The van der Waals surface area contributed by atoms with Gasteiger partial charge in [-0.25, -0.2) is 4.98 Å². The number of likely N-dealkylation sites (tertiary alicyclic amines) is 1. The van der Waals surface area contributed by atoms with Crippen molar-refractivity contribution in [1.82, 2.24) is 14.5 Å². The van der Waals surface area contributed by atoms with E-state index in [2.05, 4.69) is 4.98 Å². The van der Waals surface area contributed by atoms with Crippen LogP contribution < -0.4 is 5.73 Å². The lowest BCUT2D eigenvalue weighted by molar-refractivity contribution is -0.134. The number of amides is 2. The summed E-state index contributed by atoms with van der Waals surface area (Å²) in [6.07, 6.45) is 6.59. The summed E-state index contributed by atoms with van der Waals surface area (Å²) >= 11 is 0. The number of primary amides is 1. The molecule has 3 heterocycles. The fraction of sp³-hybridized carbons (Fsp3) is 0.667. The lowest BCUT2D eigenvalue weighted by Crippen LogP contribution is -2.61. The maximum atomic E-state index is 12.8. The van der Waals surface area contributed by atoms with Gasteiger partial charge in [0.2, 0.25) is 5.91 Å². The van der Waals surface area contributed by atoms with Crippen LogP contribution in [0.25, 0.3) is 0 Å². The van der Waals surface area contributed by atoms with Crippen LogP contribution in [0.1, 0.15) is 36.2 Å². The molecule has 0 bridgehead atoms. The molecular weight excluding hydrogens is 284 g/mol. The third-order valence-corrected chi connectivity index (χ3v) is 4.91. The van der Waals surface area contributed by atoms with Crippen LogP contribution in [0.4, 0.5) is 0 Å². The molecule has 0 radical (unpaired) electrons. The molecule has 7 nitrogen and oxygen atoms in total. The summed E-state index contributed by atoms with van der Waals surface area (Å²) in [4.78, 5) is 30.6. The Kier molecular flexibility index (Phi) is 3.90. The van der Waals surface area contributed by atoms with Crippen molar-refractivity contribution in [2.75, 3.05) is 19.8 Å². The fourth-order valence-corrected chi connectivity index (χ4v) is 3.84. The summed E-state index contributed by atoms with van der Waals surface area (Å²) in [5.74, 6) is -0.638. The van der Waals surface area contributed by atoms with Gasteiger partial charge in [0.15, 0.2) is 0 Å². The monoisotopic (exact) mass is 306 g/mol. The molecule has 2 saturated heterocycles. The molecule has 1 spiro atoms. The number of nitrogens with two attached hydrogens (primary N) is 1. The van der Waals surface area contributed by atoms with Crippen LogP contribution in [0, 0.1) is 5.41 Å². The standard InChI is InChI=1S/C15H22N4O3/c1-18-9-11(17-10-18)14(21)19-6-2-3-15(12(19)13(16)20)4-7-22-8-5-15/h9-10,12H,2-8H2,1H3,(H2,16,20). The van der Waals surface area contributed by atoms with Gasteiger partial charge in [0.25, 0.3) is 5.91 Å². The number of carbonyl (C=O) groups is 2. The lowest BCUT2D eigenvalue weighted by Gasteiger charge is -2.50. The normalized spacial score (nSPS) is 24.4. The van der Waals surface area contributed by atoms with E-state index in [1.165, 1.54) is 0 Å². The van der Waals surface area contributed by atoms with Crippen molar-refractivity contribution in [2.24, 2.45) is 18.2 Å². The van der Waals surface area contributed by atoms with E-state index in [0.29, 0.717) is 25.5 Å². The minimum atomic E-state index is -0.570. The molecule has 2 amide bonds. The van der Waals surface area contributed by atoms with Gasteiger partial charge < -0.3 is 19.9 Å². The van der Waals surface area contributed by atoms with E-state index in [4.69, 9.17) is 10.5 Å². The van der Waals surface area contributed by atoms with Crippen LogP contribution in [0.15, 0.2) is 12.5 Å². The topological polar surface area (TPSA) is 90.4 Å². The van der Waals surface area contributed by atoms with Gasteiger partial charge in [-0.05, 0) is 25.7 Å². The maximum Gasteiger partial charge on any atom is 0.274 e. The molecule has 1 aromatic rings. The summed E-state index contributed by atoms with van der Waals surface area (Å²) < 4.78 is 7.16. The summed E-state index contributed by atoms with van der Waals surface area (Å²) in [5.41, 5.74) is 5.80. The van der Waals surface area contributed by atoms with Gasteiger partial charge in [0.05, 0.1) is 6.33 Å². The van der Waals surface area contributed by atoms with Gasteiger partial charge in [-0.2, -0.15) is 0 Å². The van der Waals surface area contributed by atoms with Gasteiger partial charge in [0, 0.05) is 38.4 Å². The van der Waals surface area contributed by atoms with Crippen molar-refractivity contribution < 1.29 is 14.3 Å². The third-order valence-electron chi connectivity index (χ3n) is 4.91. The molecule has 120 valence electrons. The van der Waals surface area contributed by atoms with E-state index < -0.39 is 11.9 Å². The fourth-order valence-electron chi connectivity index (χ4n) is 3.84. The maximum absolute atomic E-state index is 12.8. The van der Waals surface area contributed by atoms with Crippen molar-refractivity contribution in [1.29, 1.82) is 0 Å². The Balaban J connectivity index is 1.91. The number of aromatic nitrogens is 2. The summed E-state index contributed by atoms with van der Waals surface area (Å²) in [7, 11) is 1.81. The minimum Gasteiger partial charge on any atom is -0.381 e. The highest BCUT2D eigenvalue weighted by atomic mass is 16.5. The lowest BCUT2D eigenvalue weighted by atomic mass is 9.67. The second-order valence-corrected chi connectivity index (χ2v) is 6.31. The molecule has 2 aliphatic rings. The molecule has 2 aliphatic heterocycles. The average Bonchev–Trinajstić information content (AvgIpc) is 2.93. The van der Waals surface area contributed by atoms with Crippen LogP contribution in [-0.2, 0) is 16.6 Å². The van der Waals surface area contributed by atoms with Gasteiger partial charge in [0.1, 0.15) is 11.7 Å². The first-order valence-electron chi connectivity index (χ1n) is 7.69. The largest absolute Gasteiger partial charge is 0.381 e. The Morgan fingerprint density at radius 1 is 1.36 bits per heavy atom. The van der Waals surface area contributed by atoms with E-state index in [9.17, 15) is 9.59 Å². The highest BCUT2D eigenvalue weighted by Crippen LogP contribution is 2.44. The molecule has 1 unspecified atom stereocenters. The predicted molar refractivity (Wildman–Crippen MR) is 78.9 cm³/mol. The molecule has 22 heavy (non-hydrogen) atoms. The van der Waals surface area contributed by atoms with Crippen molar-refractivity contribution in [2.45, 2.75) is 31.7 Å². The zero-order valence-corrected chi connectivity index (χ0v) is 12.8. The number of carbonyl (C=O) groups excluding carboxylic acids is 2. The number of imidazole rings is 1. The van der Waals surface area contributed by atoms with Crippen LogP contribution >= 0.6 is 0 Å². The molecule has 1 atom stereocenters. The number of piperidine rings is 1. The van der Waals surface area contributed by atoms with Gasteiger partial charge in [-0.1, -0.05) is 0 Å².